The third-order valence-electron chi connectivity index (χ3n) is 7.12. The summed E-state index contributed by atoms with van der Waals surface area (Å²) < 4.78 is 38.6. The van der Waals surface area contributed by atoms with Gasteiger partial charge in [0.1, 0.15) is 0 Å². The normalized spacial score (nSPS) is 32.7. The van der Waals surface area contributed by atoms with Crippen molar-refractivity contribution in [2.75, 3.05) is 13.2 Å². The molecule has 0 unspecified atom stereocenters. The number of rotatable bonds is 5. The van der Waals surface area contributed by atoms with E-state index in [1.54, 1.807) is 6.07 Å². The molecule has 4 rings (SSSR count). The summed E-state index contributed by atoms with van der Waals surface area (Å²) in [6.45, 7) is 1.76. The van der Waals surface area contributed by atoms with Crippen LogP contribution in [0.5, 0.6) is 0 Å². The highest BCUT2D eigenvalue weighted by Crippen LogP contribution is 2.38. The fraction of sp³-hybridized carbons (Fsp3) is 0.739. The Labute approximate surface area is 161 Å². The maximum Gasteiger partial charge on any atom is 0.160 e. The second kappa shape index (κ2) is 9.00. The lowest BCUT2D eigenvalue weighted by Gasteiger charge is -2.39. The number of hydrogen-bond donors (Lipinski definition) is 0. The van der Waals surface area contributed by atoms with E-state index in [-0.39, 0.29) is 6.29 Å². The van der Waals surface area contributed by atoms with Crippen LogP contribution in [0.2, 0.25) is 0 Å². The molecule has 0 aromatic heterocycles. The molecule has 2 aliphatic carbocycles. The first-order valence-corrected chi connectivity index (χ1v) is 10.9. The standard InChI is InChI=1S/C23H32F2O2/c24-21-12-9-17(13-22(21)25)6-5-16-7-10-19(11-8-16)23-26-14-20(15-27-23)18-3-1-2-4-18/h9,12-13,16,18-20,23H,1-8,10-11,14-15H2/t16?,19?,20-,23-. The van der Waals surface area contributed by atoms with Crippen molar-refractivity contribution in [3.8, 4) is 0 Å². The van der Waals surface area contributed by atoms with Crippen molar-refractivity contribution in [3.63, 3.8) is 0 Å². The summed E-state index contributed by atoms with van der Waals surface area (Å²) in [4.78, 5) is 0. The van der Waals surface area contributed by atoms with Crippen molar-refractivity contribution in [3.05, 3.63) is 35.4 Å². The molecule has 2 saturated carbocycles. The number of benzene rings is 1. The SMILES string of the molecule is Fc1ccc(CCC2CCC([C@H]3OC[C@H](C4CCCC4)CO3)CC2)cc1F. The zero-order valence-corrected chi connectivity index (χ0v) is 16.2. The van der Waals surface area contributed by atoms with Crippen LogP contribution < -0.4 is 0 Å². The highest BCUT2D eigenvalue weighted by Gasteiger charge is 2.35. The third-order valence-corrected chi connectivity index (χ3v) is 7.12. The Kier molecular flexibility index (Phi) is 6.44. The Morgan fingerprint density at radius 2 is 1.48 bits per heavy atom. The first kappa shape index (κ1) is 19.3. The second-order valence-corrected chi connectivity index (χ2v) is 8.91. The van der Waals surface area contributed by atoms with Crippen molar-refractivity contribution in [2.45, 2.75) is 70.5 Å². The molecule has 0 atom stereocenters. The Balaban J connectivity index is 1.17. The Bertz CT molecular complexity index is 598. The van der Waals surface area contributed by atoms with E-state index in [0.29, 0.717) is 17.8 Å². The lowest BCUT2D eigenvalue weighted by Crippen LogP contribution is -2.40. The van der Waals surface area contributed by atoms with Gasteiger partial charge < -0.3 is 9.47 Å². The van der Waals surface area contributed by atoms with Crippen LogP contribution in [0.15, 0.2) is 18.2 Å². The molecule has 0 N–H and O–H groups in total. The predicted molar refractivity (Wildman–Crippen MR) is 101 cm³/mol. The Morgan fingerprint density at radius 3 is 2.15 bits per heavy atom. The summed E-state index contributed by atoms with van der Waals surface area (Å²) in [6, 6.07) is 4.28. The molecule has 0 bridgehead atoms. The van der Waals surface area contributed by atoms with E-state index in [1.807, 2.05) is 0 Å². The van der Waals surface area contributed by atoms with Crippen molar-refractivity contribution < 1.29 is 18.3 Å². The average molecular weight is 379 g/mol. The molecule has 1 aliphatic heterocycles. The van der Waals surface area contributed by atoms with Crippen LogP contribution in [-0.2, 0) is 15.9 Å². The van der Waals surface area contributed by atoms with Crippen molar-refractivity contribution in [2.24, 2.45) is 23.7 Å². The number of halogens is 2. The maximum absolute atomic E-state index is 13.3. The molecule has 0 amide bonds. The van der Waals surface area contributed by atoms with Crippen LogP contribution in [-0.4, -0.2) is 19.5 Å². The highest BCUT2D eigenvalue weighted by atomic mass is 19.2. The maximum atomic E-state index is 13.3. The van der Waals surface area contributed by atoms with Crippen molar-refractivity contribution in [1.82, 2.24) is 0 Å². The van der Waals surface area contributed by atoms with Gasteiger partial charge in [-0.15, -0.1) is 0 Å². The van der Waals surface area contributed by atoms with E-state index in [2.05, 4.69) is 0 Å². The summed E-state index contributed by atoms with van der Waals surface area (Å²) >= 11 is 0. The topological polar surface area (TPSA) is 18.5 Å². The monoisotopic (exact) mass is 378 g/mol. The van der Waals surface area contributed by atoms with Crippen molar-refractivity contribution >= 4 is 0 Å². The molecule has 150 valence electrons. The van der Waals surface area contributed by atoms with E-state index in [9.17, 15) is 8.78 Å². The van der Waals surface area contributed by atoms with E-state index in [1.165, 1.54) is 50.7 Å². The number of hydrogen-bond acceptors (Lipinski definition) is 2. The predicted octanol–water partition coefficient (Wildman–Crippen LogP) is 5.88. The zero-order chi connectivity index (χ0) is 18.6. The van der Waals surface area contributed by atoms with E-state index in [0.717, 1.165) is 50.4 Å². The summed E-state index contributed by atoms with van der Waals surface area (Å²) in [5.41, 5.74) is 0.896. The summed E-state index contributed by atoms with van der Waals surface area (Å²) in [7, 11) is 0. The van der Waals surface area contributed by atoms with Crippen LogP contribution >= 0.6 is 0 Å². The minimum absolute atomic E-state index is 0.00482. The number of aryl methyl sites for hydroxylation is 1. The van der Waals surface area contributed by atoms with Gasteiger partial charge in [-0.25, -0.2) is 8.78 Å². The van der Waals surface area contributed by atoms with E-state index >= 15 is 0 Å². The van der Waals surface area contributed by atoms with Gasteiger partial charge in [-0.2, -0.15) is 0 Å². The second-order valence-electron chi connectivity index (χ2n) is 8.91. The lowest BCUT2D eigenvalue weighted by molar-refractivity contribution is -0.235. The highest BCUT2D eigenvalue weighted by molar-refractivity contribution is 5.17. The molecular weight excluding hydrogens is 346 g/mol. The molecule has 1 heterocycles. The van der Waals surface area contributed by atoms with E-state index in [4.69, 9.17) is 9.47 Å². The molecule has 27 heavy (non-hydrogen) atoms. The number of ether oxygens (including phenoxy) is 2. The molecule has 1 aromatic rings. The van der Waals surface area contributed by atoms with Crippen LogP contribution in [0.1, 0.15) is 63.4 Å². The summed E-state index contributed by atoms with van der Waals surface area (Å²) in [6.07, 6.45) is 12.0. The molecule has 0 spiro atoms. The van der Waals surface area contributed by atoms with Gasteiger partial charge in [0.2, 0.25) is 0 Å². The Hall–Kier alpha value is -1.00. The van der Waals surface area contributed by atoms with Gasteiger partial charge >= 0.3 is 0 Å². The molecule has 4 heteroatoms. The summed E-state index contributed by atoms with van der Waals surface area (Å²) in [5, 5.41) is 0. The van der Waals surface area contributed by atoms with Gasteiger partial charge in [0, 0.05) is 11.8 Å². The van der Waals surface area contributed by atoms with Crippen LogP contribution in [0.3, 0.4) is 0 Å². The van der Waals surface area contributed by atoms with Gasteiger partial charge in [-0.05, 0) is 68.1 Å². The molecule has 1 saturated heterocycles. The minimum atomic E-state index is -0.762. The van der Waals surface area contributed by atoms with Gasteiger partial charge in [-0.3, -0.25) is 0 Å². The smallest absolute Gasteiger partial charge is 0.160 e. The van der Waals surface area contributed by atoms with Gasteiger partial charge in [-0.1, -0.05) is 31.7 Å². The van der Waals surface area contributed by atoms with Crippen LogP contribution in [0, 0.1) is 35.3 Å². The van der Waals surface area contributed by atoms with Gasteiger partial charge in [0.15, 0.2) is 17.9 Å². The molecule has 3 fully saturated rings. The first-order valence-electron chi connectivity index (χ1n) is 10.9. The van der Waals surface area contributed by atoms with Gasteiger partial charge in [0.05, 0.1) is 13.2 Å². The van der Waals surface area contributed by atoms with Crippen LogP contribution in [0.25, 0.3) is 0 Å². The fourth-order valence-corrected chi connectivity index (χ4v) is 5.32. The molecule has 0 radical (unpaired) electrons. The van der Waals surface area contributed by atoms with Crippen molar-refractivity contribution in [1.29, 1.82) is 0 Å². The van der Waals surface area contributed by atoms with Crippen LogP contribution in [0.4, 0.5) is 8.78 Å². The molecule has 2 nitrogen and oxygen atoms in total. The quantitative estimate of drug-likeness (QED) is 0.637. The first-order chi connectivity index (χ1) is 13.2. The molecular formula is C23H32F2O2. The fourth-order valence-electron chi connectivity index (χ4n) is 5.32. The average Bonchev–Trinajstić information content (AvgIpc) is 3.24. The molecule has 1 aromatic carbocycles. The Morgan fingerprint density at radius 1 is 0.778 bits per heavy atom. The lowest BCUT2D eigenvalue weighted by atomic mass is 9.79. The zero-order valence-electron chi connectivity index (χ0n) is 16.2. The largest absolute Gasteiger partial charge is 0.352 e. The minimum Gasteiger partial charge on any atom is -0.352 e. The third kappa shape index (κ3) is 4.89. The summed E-state index contributed by atoms with van der Waals surface area (Å²) in [5.74, 6) is 1.12. The van der Waals surface area contributed by atoms with E-state index < -0.39 is 11.6 Å². The molecule has 3 aliphatic rings. The van der Waals surface area contributed by atoms with Gasteiger partial charge in [0.25, 0.3) is 0 Å².